The van der Waals surface area contributed by atoms with Gasteiger partial charge < -0.3 is 9.67 Å². The van der Waals surface area contributed by atoms with Crippen molar-refractivity contribution in [1.82, 2.24) is 14.5 Å². The molecule has 1 atom stereocenters. The molecule has 4 nitrogen and oxygen atoms in total. The highest BCUT2D eigenvalue weighted by Crippen LogP contribution is 2.16. The summed E-state index contributed by atoms with van der Waals surface area (Å²) in [5.74, 6) is 1.01. The molecule has 0 aromatic carbocycles. The number of aromatic nitrogens is 3. The van der Waals surface area contributed by atoms with Crippen molar-refractivity contribution in [1.29, 1.82) is 0 Å². The Morgan fingerprint density at radius 1 is 1.29 bits per heavy atom. The quantitative estimate of drug-likeness (QED) is 0.878. The molecule has 0 bridgehead atoms. The summed E-state index contributed by atoms with van der Waals surface area (Å²) in [4.78, 5) is 8.55. The predicted molar refractivity (Wildman–Crippen MR) is 66.0 cm³/mol. The van der Waals surface area contributed by atoms with Crippen molar-refractivity contribution in [3.05, 3.63) is 42.2 Å². The van der Waals surface area contributed by atoms with Crippen molar-refractivity contribution >= 4 is 0 Å². The molecule has 17 heavy (non-hydrogen) atoms. The Balaban J connectivity index is 2.29. The number of aryl methyl sites for hydroxylation is 1. The van der Waals surface area contributed by atoms with Gasteiger partial charge in [0.1, 0.15) is 5.82 Å². The van der Waals surface area contributed by atoms with Gasteiger partial charge in [0.15, 0.2) is 0 Å². The lowest BCUT2D eigenvalue weighted by molar-refractivity contribution is 0.169. The lowest BCUT2D eigenvalue weighted by Crippen LogP contribution is -2.02. The van der Waals surface area contributed by atoms with Crippen LogP contribution in [0.15, 0.2) is 30.7 Å². The van der Waals surface area contributed by atoms with Gasteiger partial charge in [0.25, 0.3) is 0 Å². The predicted octanol–water partition coefficient (Wildman–Crippen LogP) is 2.27. The fraction of sp³-hybridized carbons (Fsp3) is 0.385. The van der Waals surface area contributed by atoms with Crippen molar-refractivity contribution in [2.45, 2.75) is 32.8 Å². The summed E-state index contributed by atoms with van der Waals surface area (Å²) < 4.78 is 2.01. The maximum Gasteiger partial charge on any atom is 0.112 e. The summed E-state index contributed by atoms with van der Waals surface area (Å²) in [5, 5.41) is 9.67. The van der Waals surface area contributed by atoms with Gasteiger partial charge >= 0.3 is 0 Å². The van der Waals surface area contributed by atoms with Crippen LogP contribution in [0.1, 0.15) is 37.9 Å². The highest BCUT2D eigenvalue weighted by molar-refractivity contribution is 5.31. The zero-order valence-corrected chi connectivity index (χ0v) is 10.2. The molecule has 0 saturated heterocycles. The molecule has 2 aromatic rings. The van der Waals surface area contributed by atoms with Crippen molar-refractivity contribution in [3.8, 4) is 5.69 Å². The Bertz CT molecular complexity index is 476. The number of nitrogens with zero attached hydrogens (tertiary/aromatic N) is 3. The van der Waals surface area contributed by atoms with Crippen LogP contribution < -0.4 is 0 Å². The SMILES string of the molecule is CCc1nccn1-c1ccc([C@@H](O)CC)nc1. The second-order valence-electron chi connectivity index (χ2n) is 3.93. The first-order valence-electron chi connectivity index (χ1n) is 5.92. The van der Waals surface area contributed by atoms with E-state index in [9.17, 15) is 5.11 Å². The van der Waals surface area contributed by atoms with E-state index in [4.69, 9.17) is 0 Å². The first kappa shape index (κ1) is 11.8. The summed E-state index contributed by atoms with van der Waals surface area (Å²) in [5.41, 5.74) is 1.70. The fourth-order valence-electron chi connectivity index (χ4n) is 1.78. The van der Waals surface area contributed by atoms with E-state index in [0.29, 0.717) is 6.42 Å². The van der Waals surface area contributed by atoms with Crippen molar-refractivity contribution in [3.63, 3.8) is 0 Å². The third-order valence-corrected chi connectivity index (χ3v) is 2.81. The molecule has 2 rings (SSSR count). The van der Waals surface area contributed by atoms with Crippen LogP contribution in [0, 0.1) is 0 Å². The van der Waals surface area contributed by atoms with E-state index in [1.165, 1.54) is 0 Å². The van der Waals surface area contributed by atoms with Gasteiger partial charge in [-0.05, 0) is 18.6 Å². The lowest BCUT2D eigenvalue weighted by Gasteiger charge is -2.09. The highest BCUT2D eigenvalue weighted by atomic mass is 16.3. The molecule has 0 radical (unpaired) electrons. The summed E-state index contributed by atoms with van der Waals surface area (Å²) >= 11 is 0. The highest BCUT2D eigenvalue weighted by Gasteiger charge is 2.07. The van der Waals surface area contributed by atoms with Crippen LogP contribution in [0.3, 0.4) is 0 Å². The number of aliphatic hydroxyl groups excluding tert-OH is 1. The molecule has 0 saturated carbocycles. The van der Waals surface area contributed by atoms with Gasteiger partial charge in [-0.1, -0.05) is 13.8 Å². The second kappa shape index (κ2) is 5.10. The minimum atomic E-state index is -0.475. The van der Waals surface area contributed by atoms with E-state index < -0.39 is 6.10 Å². The number of hydrogen-bond acceptors (Lipinski definition) is 3. The van der Waals surface area contributed by atoms with E-state index in [2.05, 4.69) is 16.9 Å². The zero-order chi connectivity index (χ0) is 12.3. The monoisotopic (exact) mass is 231 g/mol. The number of pyridine rings is 1. The molecule has 0 aliphatic carbocycles. The van der Waals surface area contributed by atoms with Crippen molar-refractivity contribution < 1.29 is 5.11 Å². The van der Waals surface area contributed by atoms with Gasteiger partial charge in [-0.2, -0.15) is 0 Å². The molecule has 0 fully saturated rings. The van der Waals surface area contributed by atoms with Gasteiger partial charge in [-0.15, -0.1) is 0 Å². The first-order chi connectivity index (χ1) is 8.26. The molecule has 4 heteroatoms. The number of aliphatic hydroxyl groups is 1. The van der Waals surface area contributed by atoms with Crippen LogP contribution >= 0.6 is 0 Å². The topological polar surface area (TPSA) is 50.9 Å². The Labute approximate surface area is 101 Å². The number of rotatable bonds is 4. The Hall–Kier alpha value is -1.68. The van der Waals surface area contributed by atoms with Gasteiger partial charge in [0.05, 0.1) is 23.7 Å². The van der Waals surface area contributed by atoms with E-state index >= 15 is 0 Å². The van der Waals surface area contributed by atoms with E-state index in [1.54, 1.807) is 12.4 Å². The zero-order valence-electron chi connectivity index (χ0n) is 10.2. The van der Waals surface area contributed by atoms with Gasteiger partial charge in [0.2, 0.25) is 0 Å². The molecule has 2 aromatic heterocycles. The van der Waals surface area contributed by atoms with Crippen LogP contribution in [0.25, 0.3) is 5.69 Å². The van der Waals surface area contributed by atoms with Crippen LogP contribution in [-0.2, 0) is 6.42 Å². The average molecular weight is 231 g/mol. The van der Waals surface area contributed by atoms with Crippen LogP contribution in [0.5, 0.6) is 0 Å². The molecule has 1 N–H and O–H groups in total. The van der Waals surface area contributed by atoms with E-state index in [-0.39, 0.29) is 0 Å². The van der Waals surface area contributed by atoms with Crippen LogP contribution in [0.2, 0.25) is 0 Å². The molecule has 2 heterocycles. The van der Waals surface area contributed by atoms with Gasteiger partial charge in [-0.25, -0.2) is 4.98 Å². The first-order valence-corrected chi connectivity index (χ1v) is 5.92. The summed E-state index contributed by atoms with van der Waals surface area (Å²) in [7, 11) is 0. The van der Waals surface area contributed by atoms with Crippen molar-refractivity contribution in [2.24, 2.45) is 0 Å². The molecular weight excluding hydrogens is 214 g/mol. The molecule has 0 aliphatic rings. The average Bonchev–Trinajstić information content (AvgIpc) is 2.86. The third kappa shape index (κ3) is 2.36. The maximum absolute atomic E-state index is 9.67. The summed E-state index contributed by atoms with van der Waals surface area (Å²) in [6.45, 7) is 4.01. The number of imidazole rings is 1. The second-order valence-corrected chi connectivity index (χ2v) is 3.93. The minimum absolute atomic E-state index is 0.475. The fourth-order valence-corrected chi connectivity index (χ4v) is 1.78. The Morgan fingerprint density at radius 2 is 2.12 bits per heavy atom. The molecule has 0 amide bonds. The normalized spacial score (nSPS) is 12.6. The summed E-state index contributed by atoms with van der Waals surface area (Å²) in [6, 6.07) is 3.82. The third-order valence-electron chi connectivity index (χ3n) is 2.81. The van der Waals surface area contributed by atoms with Crippen LogP contribution in [-0.4, -0.2) is 19.6 Å². The van der Waals surface area contributed by atoms with E-state index in [0.717, 1.165) is 23.6 Å². The molecule has 0 spiro atoms. The minimum Gasteiger partial charge on any atom is -0.387 e. The summed E-state index contributed by atoms with van der Waals surface area (Å²) in [6.07, 6.45) is 6.57. The Kier molecular flexibility index (Phi) is 3.54. The van der Waals surface area contributed by atoms with Crippen molar-refractivity contribution in [2.75, 3.05) is 0 Å². The molecule has 0 aliphatic heterocycles. The largest absolute Gasteiger partial charge is 0.387 e. The van der Waals surface area contributed by atoms with Crippen LogP contribution in [0.4, 0.5) is 0 Å². The molecular formula is C13H17N3O. The van der Waals surface area contributed by atoms with Gasteiger partial charge in [-0.3, -0.25) is 4.98 Å². The maximum atomic E-state index is 9.67. The Morgan fingerprint density at radius 3 is 2.71 bits per heavy atom. The van der Waals surface area contributed by atoms with E-state index in [1.807, 2.05) is 29.8 Å². The smallest absolute Gasteiger partial charge is 0.112 e. The standard InChI is InChI=1S/C13H17N3O/c1-3-12(17)11-6-5-10(9-15-11)16-8-7-14-13(16)4-2/h5-9,12,17H,3-4H2,1-2H3/t12-/m0/s1. The number of hydrogen-bond donors (Lipinski definition) is 1. The van der Waals surface area contributed by atoms with Gasteiger partial charge in [0, 0.05) is 18.8 Å². The molecule has 0 unspecified atom stereocenters. The lowest BCUT2D eigenvalue weighted by atomic mass is 10.2. The molecule has 90 valence electrons.